The molecule has 6 heteroatoms. The Hall–Kier alpha value is -3.41. The van der Waals surface area contributed by atoms with Gasteiger partial charge in [-0.15, -0.1) is 0 Å². The number of rotatable bonds is 1. The lowest BCUT2D eigenvalue weighted by atomic mass is 9.55. The van der Waals surface area contributed by atoms with Crippen LogP contribution in [0, 0.1) is 11.8 Å². The van der Waals surface area contributed by atoms with Crippen LogP contribution in [-0.2, 0) is 15.8 Å². The molecule has 3 aromatic rings. The van der Waals surface area contributed by atoms with Gasteiger partial charge in [-0.3, -0.25) is 9.59 Å². The van der Waals surface area contributed by atoms with Crippen LogP contribution in [-0.4, -0.2) is 11.8 Å². The van der Waals surface area contributed by atoms with Gasteiger partial charge in [-0.1, -0.05) is 60.7 Å². The van der Waals surface area contributed by atoms with E-state index in [1.54, 1.807) is 0 Å². The van der Waals surface area contributed by atoms with Crippen molar-refractivity contribution in [2.45, 2.75) is 18.0 Å². The Kier molecular flexibility index (Phi) is 3.59. The predicted octanol–water partition coefficient (Wildman–Crippen LogP) is 5.10. The summed E-state index contributed by atoms with van der Waals surface area (Å²) in [5.74, 6) is -3.20. The number of carbonyl (C=O) groups is 2. The Labute approximate surface area is 176 Å². The van der Waals surface area contributed by atoms with E-state index in [4.69, 9.17) is 0 Å². The molecule has 0 saturated carbocycles. The summed E-state index contributed by atoms with van der Waals surface area (Å²) in [4.78, 5) is 27.9. The zero-order valence-electron chi connectivity index (χ0n) is 16.1. The Morgan fingerprint density at radius 2 is 1.00 bits per heavy atom. The van der Waals surface area contributed by atoms with Gasteiger partial charge in [0, 0.05) is 11.8 Å². The molecule has 0 unspecified atom stereocenters. The predicted molar refractivity (Wildman–Crippen MR) is 107 cm³/mol. The van der Waals surface area contributed by atoms with Crippen LogP contribution < -0.4 is 4.90 Å². The molecule has 2 amide bonds. The molecule has 154 valence electrons. The van der Waals surface area contributed by atoms with E-state index in [1.807, 2.05) is 48.5 Å². The van der Waals surface area contributed by atoms with Crippen LogP contribution in [0.3, 0.4) is 0 Å². The molecule has 0 radical (unpaired) electrons. The highest BCUT2D eigenvalue weighted by atomic mass is 19.4. The van der Waals surface area contributed by atoms with Crippen molar-refractivity contribution in [2.24, 2.45) is 11.8 Å². The van der Waals surface area contributed by atoms with Crippen molar-refractivity contribution in [2.75, 3.05) is 4.90 Å². The quantitative estimate of drug-likeness (QED) is 0.515. The highest BCUT2D eigenvalue weighted by molar-refractivity contribution is 6.23. The molecule has 3 aliphatic carbocycles. The number of amides is 2. The lowest BCUT2D eigenvalue weighted by Gasteiger charge is -2.45. The molecule has 3 nitrogen and oxygen atoms in total. The first kappa shape index (κ1) is 18.4. The van der Waals surface area contributed by atoms with Gasteiger partial charge in [0.05, 0.1) is 23.1 Å². The van der Waals surface area contributed by atoms with Gasteiger partial charge in [-0.05, 0) is 34.4 Å². The molecule has 1 saturated heterocycles. The molecule has 1 heterocycles. The number of para-hydroxylation sites is 1. The summed E-state index contributed by atoms with van der Waals surface area (Å²) in [6.07, 6.45) is -4.67. The van der Waals surface area contributed by atoms with E-state index >= 15 is 0 Å². The van der Waals surface area contributed by atoms with Crippen LogP contribution in [0.25, 0.3) is 0 Å². The summed E-state index contributed by atoms with van der Waals surface area (Å²) in [6, 6.07) is 20.2. The number of imide groups is 1. The van der Waals surface area contributed by atoms with Crippen molar-refractivity contribution < 1.29 is 22.8 Å². The van der Waals surface area contributed by atoms with Crippen molar-refractivity contribution >= 4 is 17.5 Å². The van der Waals surface area contributed by atoms with E-state index in [1.165, 1.54) is 18.2 Å². The van der Waals surface area contributed by atoms with E-state index < -0.39 is 35.4 Å². The standard InChI is InChI=1S/C25H16F3NO2/c26-25(27,28)17-11-5-6-12-18(17)29-23(30)21-19-13-7-1-2-8-14(13)20(22(21)24(29)31)16-10-4-3-9-15(16)19/h1-12,19-22H/t19?,20?,21-,22-/m1/s1. The van der Waals surface area contributed by atoms with Crippen LogP contribution in [0.5, 0.6) is 0 Å². The van der Waals surface area contributed by atoms with E-state index in [9.17, 15) is 22.8 Å². The second-order valence-corrected chi connectivity index (χ2v) is 8.29. The van der Waals surface area contributed by atoms with Crippen molar-refractivity contribution in [3.63, 3.8) is 0 Å². The smallest absolute Gasteiger partial charge is 0.274 e. The third-order valence-electron chi connectivity index (χ3n) is 6.90. The largest absolute Gasteiger partial charge is 0.418 e. The second-order valence-electron chi connectivity index (χ2n) is 8.29. The number of anilines is 1. The number of nitrogens with zero attached hydrogens (tertiary/aromatic N) is 1. The molecule has 0 spiro atoms. The minimum absolute atomic E-state index is 0.345. The molecule has 4 aliphatic rings. The molecule has 31 heavy (non-hydrogen) atoms. The SMILES string of the molecule is O=C1[C@@H]2C3c4ccccc4C(c4ccccc43)[C@H]2C(=O)N1c1ccccc1C(F)(F)F. The van der Waals surface area contributed by atoms with Crippen molar-refractivity contribution in [3.05, 3.63) is 101 Å². The first-order chi connectivity index (χ1) is 14.9. The minimum Gasteiger partial charge on any atom is -0.274 e. The van der Waals surface area contributed by atoms with Crippen LogP contribution in [0.2, 0.25) is 0 Å². The van der Waals surface area contributed by atoms with Crippen LogP contribution >= 0.6 is 0 Å². The Bertz CT molecular complexity index is 1150. The topological polar surface area (TPSA) is 37.4 Å². The van der Waals surface area contributed by atoms with Crippen LogP contribution in [0.1, 0.15) is 39.7 Å². The number of carbonyl (C=O) groups excluding carboxylic acids is 2. The average molecular weight is 419 g/mol. The number of hydrogen-bond acceptors (Lipinski definition) is 2. The van der Waals surface area contributed by atoms with E-state index in [0.29, 0.717) is 0 Å². The Morgan fingerprint density at radius 1 is 0.613 bits per heavy atom. The zero-order valence-corrected chi connectivity index (χ0v) is 16.1. The van der Waals surface area contributed by atoms with Crippen molar-refractivity contribution in [3.8, 4) is 0 Å². The summed E-state index contributed by atoms with van der Waals surface area (Å²) in [5, 5.41) is 0. The maximum atomic E-state index is 13.7. The van der Waals surface area contributed by atoms with Crippen LogP contribution in [0.4, 0.5) is 18.9 Å². The lowest BCUT2D eigenvalue weighted by Crippen LogP contribution is -2.41. The molecule has 1 fully saturated rings. The Morgan fingerprint density at radius 3 is 1.42 bits per heavy atom. The summed E-state index contributed by atoms with van der Waals surface area (Å²) >= 11 is 0. The van der Waals surface area contributed by atoms with Crippen molar-refractivity contribution in [1.82, 2.24) is 0 Å². The number of hydrogen-bond donors (Lipinski definition) is 0. The fourth-order valence-electron chi connectivity index (χ4n) is 5.82. The fourth-order valence-corrected chi connectivity index (χ4v) is 5.82. The first-order valence-electron chi connectivity index (χ1n) is 10.1. The van der Waals surface area contributed by atoms with Gasteiger partial charge in [0.1, 0.15) is 0 Å². The minimum atomic E-state index is -4.67. The van der Waals surface area contributed by atoms with Gasteiger partial charge in [-0.2, -0.15) is 13.2 Å². The molecule has 7 rings (SSSR count). The molecule has 3 aromatic carbocycles. The van der Waals surface area contributed by atoms with Gasteiger partial charge >= 0.3 is 6.18 Å². The lowest BCUT2D eigenvalue weighted by molar-refractivity contribution is -0.137. The average Bonchev–Trinajstić information content (AvgIpc) is 3.04. The van der Waals surface area contributed by atoms with E-state index in [0.717, 1.165) is 33.2 Å². The fraction of sp³-hybridized carbons (Fsp3) is 0.200. The van der Waals surface area contributed by atoms with E-state index in [-0.39, 0.29) is 17.5 Å². The van der Waals surface area contributed by atoms with Gasteiger partial charge in [0.15, 0.2) is 0 Å². The molecule has 0 aromatic heterocycles. The molecule has 2 bridgehead atoms. The molecular weight excluding hydrogens is 403 g/mol. The van der Waals surface area contributed by atoms with Crippen molar-refractivity contribution in [1.29, 1.82) is 0 Å². The van der Waals surface area contributed by atoms with Gasteiger partial charge in [0.2, 0.25) is 11.8 Å². The molecule has 2 atom stereocenters. The highest BCUT2D eigenvalue weighted by Crippen LogP contribution is 2.61. The monoisotopic (exact) mass is 419 g/mol. The van der Waals surface area contributed by atoms with Gasteiger partial charge in [-0.25, -0.2) is 4.90 Å². The van der Waals surface area contributed by atoms with Gasteiger partial charge in [0.25, 0.3) is 0 Å². The third kappa shape index (κ3) is 2.30. The third-order valence-corrected chi connectivity index (χ3v) is 6.90. The maximum Gasteiger partial charge on any atom is 0.418 e. The maximum absolute atomic E-state index is 13.7. The number of alkyl halides is 3. The summed E-state index contributed by atoms with van der Waals surface area (Å²) in [6.45, 7) is 0. The summed E-state index contributed by atoms with van der Waals surface area (Å²) in [7, 11) is 0. The molecule has 1 aliphatic heterocycles. The van der Waals surface area contributed by atoms with E-state index in [2.05, 4.69) is 0 Å². The number of benzene rings is 3. The zero-order chi connectivity index (χ0) is 21.5. The number of halogens is 3. The molecule has 0 N–H and O–H groups in total. The highest BCUT2D eigenvalue weighted by Gasteiger charge is 2.62. The second kappa shape index (κ2) is 6.06. The normalized spacial score (nSPS) is 26.0. The molecular formula is C25H16F3NO2. The Balaban J connectivity index is 1.56. The van der Waals surface area contributed by atoms with Gasteiger partial charge < -0.3 is 0 Å². The summed E-state index contributed by atoms with van der Waals surface area (Å²) in [5.41, 5.74) is 2.59. The van der Waals surface area contributed by atoms with Crippen LogP contribution in [0.15, 0.2) is 72.8 Å². The summed E-state index contributed by atoms with van der Waals surface area (Å²) < 4.78 is 41.0. The first-order valence-corrected chi connectivity index (χ1v) is 10.1.